The summed E-state index contributed by atoms with van der Waals surface area (Å²) in [5.74, 6) is 0.835. The van der Waals surface area contributed by atoms with Gasteiger partial charge in [0.05, 0.1) is 13.2 Å². The molecule has 0 radical (unpaired) electrons. The normalized spacial score (nSPS) is 11.0. The molecule has 0 fully saturated rings. The van der Waals surface area contributed by atoms with Crippen molar-refractivity contribution in [3.63, 3.8) is 0 Å². The topological polar surface area (TPSA) is 63.5 Å². The van der Waals surface area contributed by atoms with Crippen molar-refractivity contribution in [2.75, 3.05) is 26.2 Å². The van der Waals surface area contributed by atoms with Gasteiger partial charge in [0.25, 0.3) is 0 Å². The predicted octanol–water partition coefficient (Wildman–Crippen LogP) is 2.66. The molecule has 0 unspecified atom stereocenters. The molecule has 1 aromatic heterocycles. The zero-order valence-electron chi connectivity index (χ0n) is 14.7. The lowest BCUT2D eigenvalue weighted by Crippen LogP contribution is -2.39. The monoisotopic (exact) mass is 457 g/mol. The Labute approximate surface area is 167 Å². The molecule has 0 atom stereocenters. The molecule has 0 aliphatic rings. The van der Waals surface area contributed by atoms with E-state index in [0.717, 1.165) is 38.6 Å². The van der Waals surface area contributed by atoms with Crippen LogP contribution in [0.1, 0.15) is 18.9 Å². The fraction of sp³-hybridized carbons (Fsp3) is 0.444. The molecule has 6 nitrogen and oxygen atoms in total. The molecule has 2 aromatic rings. The Hall–Kier alpha value is -1.61. The number of aromatic nitrogens is 2. The maximum absolute atomic E-state index is 5.67. The van der Waals surface area contributed by atoms with Crippen molar-refractivity contribution in [3.8, 4) is 0 Å². The van der Waals surface area contributed by atoms with Crippen LogP contribution in [0.5, 0.6) is 0 Å². The molecule has 0 saturated carbocycles. The smallest absolute Gasteiger partial charge is 0.191 e. The number of hydrogen-bond donors (Lipinski definition) is 2. The molecule has 0 aliphatic heterocycles. The first-order chi connectivity index (χ1) is 11.9. The molecule has 0 spiro atoms. The highest BCUT2D eigenvalue weighted by molar-refractivity contribution is 14.0. The summed E-state index contributed by atoms with van der Waals surface area (Å²) in [5, 5.41) is 10.7. The molecule has 1 aromatic carbocycles. The van der Waals surface area contributed by atoms with Crippen molar-refractivity contribution in [1.29, 1.82) is 0 Å². The lowest BCUT2D eigenvalue weighted by atomic mass is 10.2. The molecule has 25 heavy (non-hydrogen) atoms. The molecule has 2 N–H and O–H groups in total. The van der Waals surface area contributed by atoms with Crippen LogP contribution < -0.4 is 10.6 Å². The molecule has 138 valence electrons. The van der Waals surface area contributed by atoms with Gasteiger partial charge in [-0.1, -0.05) is 30.3 Å². The number of nitrogens with zero attached hydrogens (tertiary/aromatic N) is 3. The van der Waals surface area contributed by atoms with E-state index in [9.17, 15) is 0 Å². The van der Waals surface area contributed by atoms with Gasteiger partial charge in [0.2, 0.25) is 0 Å². The van der Waals surface area contributed by atoms with Crippen molar-refractivity contribution < 1.29 is 4.74 Å². The lowest BCUT2D eigenvalue weighted by Gasteiger charge is -2.11. The zero-order chi connectivity index (χ0) is 16.9. The summed E-state index contributed by atoms with van der Waals surface area (Å²) in [6.07, 6.45) is 4.73. The third kappa shape index (κ3) is 9.45. The van der Waals surface area contributed by atoms with Crippen LogP contribution in [-0.4, -0.2) is 42.0 Å². The highest BCUT2D eigenvalue weighted by Crippen LogP contribution is 1.99. The number of aryl methyl sites for hydroxylation is 1. The minimum absolute atomic E-state index is 0. The number of nitrogens with one attached hydrogen (secondary N) is 2. The van der Waals surface area contributed by atoms with Crippen LogP contribution in [-0.2, 0) is 17.9 Å². The fourth-order valence-electron chi connectivity index (χ4n) is 2.20. The average molecular weight is 457 g/mol. The van der Waals surface area contributed by atoms with Gasteiger partial charge in [0, 0.05) is 38.6 Å². The molecule has 1 heterocycles. The Morgan fingerprint density at radius 1 is 1.20 bits per heavy atom. The number of benzene rings is 1. The van der Waals surface area contributed by atoms with Gasteiger partial charge in [-0.15, -0.1) is 24.0 Å². The summed E-state index contributed by atoms with van der Waals surface area (Å²) in [5.41, 5.74) is 1.19. The van der Waals surface area contributed by atoms with Gasteiger partial charge in [-0.2, -0.15) is 5.10 Å². The Morgan fingerprint density at radius 2 is 2.04 bits per heavy atom. The molecule has 0 amide bonds. The first-order valence-electron chi connectivity index (χ1n) is 8.49. The Balaban J connectivity index is 0.00000312. The van der Waals surface area contributed by atoms with Gasteiger partial charge in [0.1, 0.15) is 0 Å². The van der Waals surface area contributed by atoms with E-state index in [0.29, 0.717) is 13.2 Å². The molecular formula is C18H28IN5O. The van der Waals surface area contributed by atoms with E-state index in [1.165, 1.54) is 5.56 Å². The summed E-state index contributed by atoms with van der Waals surface area (Å²) in [6, 6.07) is 12.1. The number of hydrogen-bond acceptors (Lipinski definition) is 3. The minimum Gasteiger partial charge on any atom is -0.375 e. The molecule has 7 heteroatoms. The molecule has 0 saturated heterocycles. The van der Waals surface area contributed by atoms with Crippen LogP contribution in [0.3, 0.4) is 0 Å². The van der Waals surface area contributed by atoms with Gasteiger partial charge < -0.3 is 15.4 Å². The van der Waals surface area contributed by atoms with Crippen molar-refractivity contribution in [1.82, 2.24) is 20.4 Å². The third-order valence-corrected chi connectivity index (χ3v) is 3.37. The van der Waals surface area contributed by atoms with Crippen LogP contribution in [0.2, 0.25) is 0 Å². The predicted molar refractivity (Wildman–Crippen MR) is 112 cm³/mol. The number of rotatable bonds is 10. The maximum Gasteiger partial charge on any atom is 0.191 e. The lowest BCUT2D eigenvalue weighted by molar-refractivity contribution is 0.125. The van der Waals surface area contributed by atoms with Gasteiger partial charge >= 0.3 is 0 Å². The second-order valence-electron chi connectivity index (χ2n) is 5.35. The molecule has 0 aliphatic carbocycles. The molecule has 0 bridgehead atoms. The zero-order valence-corrected chi connectivity index (χ0v) is 17.1. The third-order valence-electron chi connectivity index (χ3n) is 3.37. The Bertz CT molecular complexity index is 574. The summed E-state index contributed by atoms with van der Waals surface area (Å²) < 4.78 is 7.59. The molecule has 2 rings (SSSR count). The van der Waals surface area contributed by atoms with Crippen LogP contribution in [0.25, 0.3) is 0 Å². The van der Waals surface area contributed by atoms with Crippen molar-refractivity contribution >= 4 is 29.9 Å². The van der Waals surface area contributed by atoms with Crippen LogP contribution in [0, 0.1) is 0 Å². The number of guanidine groups is 1. The van der Waals surface area contributed by atoms with E-state index in [1.807, 2.05) is 35.1 Å². The van der Waals surface area contributed by atoms with E-state index in [2.05, 4.69) is 39.8 Å². The quantitative estimate of drug-likeness (QED) is 0.249. The van der Waals surface area contributed by atoms with E-state index in [1.54, 1.807) is 6.20 Å². The number of ether oxygens (including phenoxy) is 1. The average Bonchev–Trinajstić information content (AvgIpc) is 3.12. The van der Waals surface area contributed by atoms with Gasteiger partial charge in [0.15, 0.2) is 5.96 Å². The highest BCUT2D eigenvalue weighted by atomic mass is 127. The van der Waals surface area contributed by atoms with E-state index >= 15 is 0 Å². The van der Waals surface area contributed by atoms with Gasteiger partial charge in [-0.3, -0.25) is 9.67 Å². The largest absolute Gasteiger partial charge is 0.375 e. The minimum atomic E-state index is 0. The van der Waals surface area contributed by atoms with Gasteiger partial charge in [-0.05, 0) is 25.0 Å². The second kappa shape index (κ2) is 13.7. The standard InChI is InChI=1S/C18H27N5O.HI/c1-2-19-18(20-10-6-13-23-14-7-11-22-23)21-12-15-24-16-17-8-4-3-5-9-17;/h3-5,7-9,11,14H,2,6,10,12-13,15-16H2,1H3,(H2,19,20,21);1H. The Morgan fingerprint density at radius 3 is 2.76 bits per heavy atom. The van der Waals surface area contributed by atoms with Crippen LogP contribution >= 0.6 is 24.0 Å². The number of aliphatic imine (C=N–C) groups is 1. The summed E-state index contributed by atoms with van der Waals surface area (Å²) in [4.78, 5) is 4.57. The van der Waals surface area contributed by atoms with Crippen LogP contribution in [0.4, 0.5) is 0 Å². The van der Waals surface area contributed by atoms with Gasteiger partial charge in [-0.25, -0.2) is 0 Å². The van der Waals surface area contributed by atoms with E-state index < -0.39 is 0 Å². The highest BCUT2D eigenvalue weighted by Gasteiger charge is 1.97. The Kier molecular flexibility index (Phi) is 11.7. The SMILES string of the molecule is CCNC(=NCCCn1cccn1)NCCOCc1ccccc1.I. The maximum atomic E-state index is 5.67. The van der Waals surface area contributed by atoms with E-state index in [4.69, 9.17) is 4.74 Å². The van der Waals surface area contributed by atoms with Crippen molar-refractivity contribution in [3.05, 3.63) is 54.4 Å². The first kappa shape index (κ1) is 21.4. The fourth-order valence-corrected chi connectivity index (χ4v) is 2.20. The summed E-state index contributed by atoms with van der Waals surface area (Å²) in [7, 11) is 0. The summed E-state index contributed by atoms with van der Waals surface area (Å²) >= 11 is 0. The van der Waals surface area contributed by atoms with Crippen molar-refractivity contribution in [2.45, 2.75) is 26.5 Å². The van der Waals surface area contributed by atoms with E-state index in [-0.39, 0.29) is 24.0 Å². The van der Waals surface area contributed by atoms with Crippen molar-refractivity contribution in [2.24, 2.45) is 4.99 Å². The summed E-state index contributed by atoms with van der Waals surface area (Å²) in [6.45, 7) is 6.57. The number of halogens is 1. The molecular weight excluding hydrogens is 429 g/mol. The first-order valence-corrected chi connectivity index (χ1v) is 8.49. The second-order valence-corrected chi connectivity index (χ2v) is 5.35. The van der Waals surface area contributed by atoms with Crippen LogP contribution in [0.15, 0.2) is 53.8 Å².